The van der Waals surface area contributed by atoms with Gasteiger partial charge in [0.2, 0.25) is 0 Å². The van der Waals surface area contributed by atoms with E-state index in [0.29, 0.717) is 35.6 Å². The number of anilines is 2. The molecule has 208 valence electrons. The molecule has 1 atom stereocenters. The van der Waals surface area contributed by atoms with Crippen molar-refractivity contribution in [2.75, 3.05) is 11.9 Å². The maximum absolute atomic E-state index is 13.7. The van der Waals surface area contributed by atoms with Crippen molar-refractivity contribution in [3.05, 3.63) is 71.8 Å². The van der Waals surface area contributed by atoms with Crippen molar-refractivity contribution in [2.45, 2.75) is 57.8 Å². The predicted octanol–water partition coefficient (Wildman–Crippen LogP) is 6.20. The van der Waals surface area contributed by atoms with E-state index in [-0.39, 0.29) is 23.2 Å². The Morgan fingerprint density at radius 3 is 2.52 bits per heavy atom. The van der Waals surface area contributed by atoms with Gasteiger partial charge in [0.15, 0.2) is 5.82 Å². The van der Waals surface area contributed by atoms with Crippen LogP contribution in [0, 0.1) is 0 Å². The molecule has 0 radical (unpaired) electrons. The molecular weight excluding hydrogens is 521 g/mol. The normalized spacial score (nSPS) is 16.4. The molecule has 0 saturated carbocycles. The van der Waals surface area contributed by atoms with Crippen LogP contribution in [0.4, 0.5) is 24.7 Å². The Kier molecular flexibility index (Phi) is 7.17. The lowest BCUT2D eigenvalue weighted by Crippen LogP contribution is -2.35. The molecule has 40 heavy (non-hydrogen) atoms. The molecule has 8 nitrogen and oxygen atoms in total. The van der Waals surface area contributed by atoms with Gasteiger partial charge in [-0.3, -0.25) is 14.7 Å². The fourth-order valence-electron chi connectivity index (χ4n) is 4.89. The first-order chi connectivity index (χ1) is 18.9. The van der Waals surface area contributed by atoms with E-state index in [9.17, 15) is 23.1 Å². The van der Waals surface area contributed by atoms with Gasteiger partial charge >= 0.3 is 12.1 Å². The summed E-state index contributed by atoms with van der Waals surface area (Å²) in [5, 5.41) is 12.9. The zero-order valence-electron chi connectivity index (χ0n) is 22.3. The molecule has 1 unspecified atom stereocenters. The highest BCUT2D eigenvalue weighted by Crippen LogP contribution is 2.36. The van der Waals surface area contributed by atoms with Crippen molar-refractivity contribution in [2.24, 2.45) is 0 Å². The second-order valence-electron chi connectivity index (χ2n) is 10.9. The number of rotatable bonds is 6. The Hall–Kier alpha value is -4.12. The van der Waals surface area contributed by atoms with Crippen molar-refractivity contribution in [3.63, 3.8) is 0 Å². The molecule has 1 saturated heterocycles. The summed E-state index contributed by atoms with van der Waals surface area (Å²) in [6.45, 7) is 7.11. The van der Waals surface area contributed by atoms with Crippen molar-refractivity contribution >= 4 is 28.5 Å². The van der Waals surface area contributed by atoms with Crippen molar-refractivity contribution < 1.29 is 23.1 Å². The highest BCUT2D eigenvalue weighted by Gasteiger charge is 2.35. The SMILES string of the molecule is CC(C)(C)c1ccc(Nc2nc(CN3CCCC3C(=O)O)nc3cc(-c4ncccc4C(F)(F)F)cnc23)cc1. The van der Waals surface area contributed by atoms with Gasteiger partial charge in [0.1, 0.15) is 17.4 Å². The summed E-state index contributed by atoms with van der Waals surface area (Å²) in [4.78, 5) is 31.2. The summed E-state index contributed by atoms with van der Waals surface area (Å²) in [6.07, 6.45) is -0.699. The minimum atomic E-state index is -4.59. The van der Waals surface area contributed by atoms with Gasteiger partial charge in [-0.15, -0.1) is 0 Å². The lowest BCUT2D eigenvalue weighted by molar-refractivity contribution is -0.142. The average Bonchev–Trinajstić information content (AvgIpc) is 3.36. The fourth-order valence-corrected chi connectivity index (χ4v) is 4.89. The number of halogens is 3. The topological polar surface area (TPSA) is 104 Å². The molecule has 1 fully saturated rings. The van der Waals surface area contributed by atoms with E-state index < -0.39 is 23.8 Å². The zero-order valence-corrected chi connectivity index (χ0v) is 22.3. The Bertz CT molecular complexity index is 1550. The van der Waals surface area contributed by atoms with E-state index in [0.717, 1.165) is 23.7 Å². The number of pyridine rings is 2. The number of alkyl halides is 3. The number of aliphatic carboxylic acids is 1. The molecule has 1 aliphatic heterocycles. The van der Waals surface area contributed by atoms with Gasteiger partial charge in [0.05, 0.1) is 23.3 Å². The molecule has 0 spiro atoms. The number of fused-ring (bicyclic) bond motifs is 1. The molecule has 4 heterocycles. The summed E-state index contributed by atoms with van der Waals surface area (Å²) in [5.41, 5.74) is 1.61. The van der Waals surface area contributed by atoms with Gasteiger partial charge in [0.25, 0.3) is 0 Å². The Balaban J connectivity index is 1.59. The van der Waals surface area contributed by atoms with E-state index in [4.69, 9.17) is 0 Å². The smallest absolute Gasteiger partial charge is 0.418 e. The number of carboxylic acids is 1. The predicted molar refractivity (Wildman–Crippen MR) is 145 cm³/mol. The molecule has 0 aliphatic carbocycles. The molecule has 11 heteroatoms. The number of nitrogens with one attached hydrogen (secondary N) is 1. The average molecular weight is 551 g/mol. The first-order valence-corrected chi connectivity index (χ1v) is 12.9. The van der Waals surface area contributed by atoms with Crippen molar-refractivity contribution in [1.29, 1.82) is 0 Å². The minimum absolute atomic E-state index is 0.0254. The number of nitrogens with zero attached hydrogens (tertiary/aromatic N) is 5. The van der Waals surface area contributed by atoms with E-state index in [2.05, 4.69) is 46.0 Å². The van der Waals surface area contributed by atoms with Gasteiger partial charge in [-0.2, -0.15) is 13.2 Å². The van der Waals surface area contributed by atoms with Crippen LogP contribution in [-0.2, 0) is 22.9 Å². The van der Waals surface area contributed by atoms with Crippen LogP contribution in [0.25, 0.3) is 22.3 Å². The highest BCUT2D eigenvalue weighted by atomic mass is 19.4. The fraction of sp³-hybridized carbons (Fsp3) is 0.345. The molecule has 3 aromatic heterocycles. The van der Waals surface area contributed by atoms with Gasteiger partial charge in [0, 0.05) is 23.6 Å². The third kappa shape index (κ3) is 5.74. The first kappa shape index (κ1) is 27.4. The summed E-state index contributed by atoms with van der Waals surface area (Å²) in [6, 6.07) is 11.0. The number of hydrogen-bond donors (Lipinski definition) is 2. The molecule has 4 aromatic rings. The second kappa shape index (κ2) is 10.5. The maximum atomic E-state index is 13.7. The lowest BCUT2D eigenvalue weighted by Gasteiger charge is -2.21. The zero-order chi connectivity index (χ0) is 28.7. The Labute approximate surface area is 229 Å². The largest absolute Gasteiger partial charge is 0.480 e. The number of aromatic nitrogens is 4. The molecule has 1 aromatic carbocycles. The maximum Gasteiger partial charge on any atom is 0.418 e. The Morgan fingerprint density at radius 1 is 1.10 bits per heavy atom. The van der Waals surface area contributed by atoms with Crippen molar-refractivity contribution in [3.8, 4) is 11.3 Å². The van der Waals surface area contributed by atoms with Crippen LogP contribution in [0.1, 0.15) is 50.6 Å². The third-order valence-corrected chi connectivity index (χ3v) is 6.98. The lowest BCUT2D eigenvalue weighted by atomic mass is 9.87. The van der Waals surface area contributed by atoms with E-state index >= 15 is 0 Å². The number of carboxylic acid groups (broad SMARTS) is 1. The highest BCUT2D eigenvalue weighted by molar-refractivity contribution is 5.89. The van der Waals surface area contributed by atoms with Gasteiger partial charge < -0.3 is 10.4 Å². The Morgan fingerprint density at radius 2 is 1.85 bits per heavy atom. The van der Waals surface area contributed by atoms with E-state index in [1.54, 1.807) is 4.90 Å². The third-order valence-electron chi connectivity index (χ3n) is 6.98. The van der Waals surface area contributed by atoms with E-state index in [1.807, 2.05) is 24.3 Å². The van der Waals surface area contributed by atoms with Gasteiger partial charge in [-0.1, -0.05) is 32.9 Å². The number of benzene rings is 1. The molecule has 1 aliphatic rings. The van der Waals surface area contributed by atoms with Gasteiger partial charge in [-0.25, -0.2) is 15.0 Å². The minimum Gasteiger partial charge on any atom is -0.480 e. The molecular formula is C29H29F3N6O2. The summed E-state index contributed by atoms with van der Waals surface area (Å²) >= 11 is 0. The van der Waals surface area contributed by atoms with Crippen molar-refractivity contribution in [1.82, 2.24) is 24.8 Å². The molecule has 2 N–H and O–H groups in total. The molecule has 0 amide bonds. The van der Waals surface area contributed by atoms with Crippen LogP contribution >= 0.6 is 0 Å². The van der Waals surface area contributed by atoms with Crippen LogP contribution in [0.2, 0.25) is 0 Å². The molecule has 5 rings (SSSR count). The van der Waals surface area contributed by atoms with Crippen LogP contribution in [0.5, 0.6) is 0 Å². The first-order valence-electron chi connectivity index (χ1n) is 12.9. The number of carbonyl (C=O) groups is 1. The number of likely N-dealkylation sites (tertiary alicyclic amines) is 1. The van der Waals surface area contributed by atoms with E-state index in [1.165, 1.54) is 24.5 Å². The summed E-state index contributed by atoms with van der Waals surface area (Å²) in [7, 11) is 0. The monoisotopic (exact) mass is 550 g/mol. The second-order valence-corrected chi connectivity index (χ2v) is 10.9. The van der Waals surface area contributed by atoms with Crippen LogP contribution in [-0.4, -0.2) is 48.5 Å². The van der Waals surface area contributed by atoms with Crippen LogP contribution in [0.3, 0.4) is 0 Å². The van der Waals surface area contributed by atoms with Crippen LogP contribution < -0.4 is 5.32 Å². The summed E-state index contributed by atoms with van der Waals surface area (Å²) in [5.74, 6) is -0.196. The van der Waals surface area contributed by atoms with Crippen LogP contribution in [0.15, 0.2) is 54.9 Å². The number of hydrogen-bond acceptors (Lipinski definition) is 7. The van der Waals surface area contributed by atoms with Gasteiger partial charge in [-0.05, 0) is 60.7 Å². The molecule has 0 bridgehead atoms. The quantitative estimate of drug-likeness (QED) is 0.293. The summed E-state index contributed by atoms with van der Waals surface area (Å²) < 4.78 is 41.1. The standard InChI is InChI=1S/C29H29F3N6O2/c1-28(2,3)18-8-10-19(11-9-18)35-26-25-21(36-23(37-26)16-38-13-5-7-22(38)27(39)40)14-17(15-34-25)24-20(29(30,31)32)6-4-12-33-24/h4,6,8-12,14-15,22H,5,7,13,16H2,1-3H3,(H,39,40)(H,35,36,37).